The van der Waals surface area contributed by atoms with Crippen LogP contribution in [0.5, 0.6) is 5.75 Å². The monoisotopic (exact) mass is 497 g/mol. The summed E-state index contributed by atoms with van der Waals surface area (Å²) in [6.07, 6.45) is -0.170. The van der Waals surface area contributed by atoms with E-state index in [2.05, 4.69) is 10.6 Å². The molecule has 0 bridgehead atoms. The number of benzene rings is 2. The fraction of sp³-hybridized carbons (Fsp3) is 0.464. The first-order valence-electron chi connectivity index (χ1n) is 12.3. The summed E-state index contributed by atoms with van der Waals surface area (Å²) in [5.74, 6) is -0.944. The molecule has 3 amide bonds. The third-order valence-electron chi connectivity index (χ3n) is 5.82. The van der Waals surface area contributed by atoms with Crippen LogP contribution in [0.1, 0.15) is 70.7 Å². The van der Waals surface area contributed by atoms with Crippen molar-refractivity contribution in [3.63, 3.8) is 0 Å². The van der Waals surface area contributed by atoms with Crippen molar-refractivity contribution in [3.8, 4) is 5.75 Å². The van der Waals surface area contributed by atoms with E-state index in [0.29, 0.717) is 17.5 Å². The van der Waals surface area contributed by atoms with Crippen molar-refractivity contribution in [2.75, 3.05) is 0 Å². The van der Waals surface area contributed by atoms with Gasteiger partial charge in [0.1, 0.15) is 23.4 Å². The summed E-state index contributed by atoms with van der Waals surface area (Å²) in [7, 11) is 0. The van der Waals surface area contributed by atoms with Gasteiger partial charge in [0.15, 0.2) is 0 Å². The molecule has 3 atom stereocenters. The number of aryl methyl sites for hydroxylation is 1. The predicted molar refractivity (Wildman–Crippen MR) is 139 cm³/mol. The lowest BCUT2D eigenvalue weighted by Crippen LogP contribution is -2.54. The van der Waals surface area contributed by atoms with Gasteiger partial charge in [-0.3, -0.25) is 9.59 Å². The van der Waals surface area contributed by atoms with E-state index < -0.39 is 35.6 Å². The van der Waals surface area contributed by atoms with Gasteiger partial charge >= 0.3 is 6.09 Å². The van der Waals surface area contributed by atoms with Gasteiger partial charge in [0.05, 0.1) is 0 Å². The van der Waals surface area contributed by atoms with Crippen LogP contribution in [0.4, 0.5) is 4.79 Å². The van der Waals surface area contributed by atoms with Gasteiger partial charge in [0, 0.05) is 18.2 Å². The molecular formula is C28H39N3O5. The van der Waals surface area contributed by atoms with Gasteiger partial charge in [-0.05, 0) is 59.1 Å². The highest BCUT2D eigenvalue weighted by Gasteiger charge is 2.38. The molecule has 3 N–H and O–H groups in total. The van der Waals surface area contributed by atoms with Crippen molar-refractivity contribution in [2.45, 2.75) is 85.2 Å². The maximum atomic E-state index is 13.7. The van der Waals surface area contributed by atoms with E-state index >= 15 is 0 Å². The Hall–Kier alpha value is -3.55. The predicted octanol–water partition coefficient (Wildman–Crippen LogP) is 4.60. The molecule has 3 unspecified atom stereocenters. The second kappa shape index (κ2) is 12.4. The van der Waals surface area contributed by atoms with Gasteiger partial charge < -0.3 is 25.4 Å². The van der Waals surface area contributed by atoms with Crippen molar-refractivity contribution in [3.05, 3.63) is 65.2 Å². The molecule has 0 radical (unpaired) electrons. The fourth-order valence-corrected chi connectivity index (χ4v) is 3.77. The molecule has 8 heteroatoms. The molecule has 0 aromatic heterocycles. The molecule has 0 aliphatic carbocycles. The van der Waals surface area contributed by atoms with Crippen LogP contribution in [0.3, 0.4) is 0 Å². The second-order valence-electron chi connectivity index (χ2n) is 9.99. The minimum absolute atomic E-state index is 0.0498. The molecule has 0 heterocycles. The topological polar surface area (TPSA) is 108 Å². The van der Waals surface area contributed by atoms with E-state index in [4.69, 9.17) is 4.74 Å². The largest absolute Gasteiger partial charge is 0.507 e. The van der Waals surface area contributed by atoms with Gasteiger partial charge in [-0.25, -0.2) is 4.79 Å². The van der Waals surface area contributed by atoms with Gasteiger partial charge in [-0.2, -0.15) is 0 Å². The number of nitrogens with zero attached hydrogens (tertiary/aromatic N) is 1. The van der Waals surface area contributed by atoms with Crippen LogP contribution in [0, 0.1) is 6.92 Å². The number of rotatable bonds is 9. The molecule has 0 aliphatic rings. The quantitative estimate of drug-likeness (QED) is 0.469. The molecule has 196 valence electrons. The summed E-state index contributed by atoms with van der Waals surface area (Å²) >= 11 is 0. The van der Waals surface area contributed by atoms with Crippen molar-refractivity contribution < 1.29 is 24.2 Å². The summed E-state index contributed by atoms with van der Waals surface area (Å²) in [5.41, 5.74) is 1.08. The zero-order chi connectivity index (χ0) is 27.0. The zero-order valence-electron chi connectivity index (χ0n) is 22.3. The number of carbonyl (C=O) groups excluding carboxylic acids is 3. The van der Waals surface area contributed by atoms with Gasteiger partial charge in [-0.15, -0.1) is 0 Å². The number of alkyl carbamates (subject to hydrolysis) is 1. The van der Waals surface area contributed by atoms with Crippen LogP contribution in [-0.2, 0) is 20.9 Å². The Kier molecular flexibility index (Phi) is 9.90. The Morgan fingerprint density at radius 3 is 2.25 bits per heavy atom. The minimum atomic E-state index is -1.11. The summed E-state index contributed by atoms with van der Waals surface area (Å²) in [5, 5.41) is 16.4. The maximum absolute atomic E-state index is 13.7. The van der Waals surface area contributed by atoms with E-state index in [1.165, 1.54) is 4.90 Å². The molecule has 0 fully saturated rings. The summed E-state index contributed by atoms with van der Waals surface area (Å²) in [4.78, 5) is 41.2. The van der Waals surface area contributed by atoms with E-state index in [1.54, 1.807) is 52.8 Å². The van der Waals surface area contributed by atoms with Crippen LogP contribution in [0.15, 0.2) is 48.5 Å². The van der Waals surface area contributed by atoms with Crippen LogP contribution in [0.25, 0.3) is 0 Å². The summed E-state index contributed by atoms with van der Waals surface area (Å²) < 4.78 is 5.30. The van der Waals surface area contributed by atoms with E-state index in [1.807, 2.05) is 44.2 Å². The number of para-hydroxylation sites is 1. The molecular weight excluding hydrogens is 458 g/mol. The van der Waals surface area contributed by atoms with Crippen molar-refractivity contribution in [2.24, 2.45) is 0 Å². The standard InChI is InChI=1S/C28H39N3O5/c1-8-19(3)31(26(34)20(4)30-27(35)36-28(5,6)7)23(22-16-12-13-18(2)24(22)32)25(33)29-17-21-14-10-9-11-15-21/h9-16,19-20,23,32H,8,17H2,1-7H3,(H,29,33)(H,30,35). The average molecular weight is 498 g/mol. The average Bonchev–Trinajstić information content (AvgIpc) is 2.81. The SMILES string of the molecule is CCC(C)N(C(=O)C(C)NC(=O)OC(C)(C)C)C(C(=O)NCc1ccccc1)c1cccc(C)c1O. The third kappa shape index (κ3) is 7.73. The number of hydrogen-bond acceptors (Lipinski definition) is 5. The first-order valence-corrected chi connectivity index (χ1v) is 12.3. The van der Waals surface area contributed by atoms with Crippen molar-refractivity contribution in [1.29, 1.82) is 0 Å². The van der Waals surface area contributed by atoms with Crippen LogP contribution in [0.2, 0.25) is 0 Å². The Morgan fingerprint density at radius 2 is 1.67 bits per heavy atom. The second-order valence-corrected chi connectivity index (χ2v) is 9.99. The highest BCUT2D eigenvalue weighted by molar-refractivity contribution is 5.92. The number of phenols is 1. The van der Waals surface area contributed by atoms with Gasteiger partial charge in [0.2, 0.25) is 11.8 Å². The Bertz CT molecular complexity index is 1050. The van der Waals surface area contributed by atoms with Gasteiger partial charge in [-0.1, -0.05) is 55.5 Å². The van der Waals surface area contributed by atoms with Crippen LogP contribution >= 0.6 is 0 Å². The zero-order valence-corrected chi connectivity index (χ0v) is 22.3. The molecule has 2 rings (SSSR count). The molecule has 8 nitrogen and oxygen atoms in total. The highest BCUT2D eigenvalue weighted by atomic mass is 16.6. The molecule has 2 aromatic rings. The minimum Gasteiger partial charge on any atom is -0.507 e. The number of nitrogens with one attached hydrogen (secondary N) is 2. The maximum Gasteiger partial charge on any atom is 0.408 e. The van der Waals surface area contributed by atoms with Crippen LogP contribution in [-0.4, -0.2) is 45.6 Å². The third-order valence-corrected chi connectivity index (χ3v) is 5.82. The highest BCUT2D eigenvalue weighted by Crippen LogP contribution is 2.34. The molecule has 36 heavy (non-hydrogen) atoms. The molecule has 0 saturated carbocycles. The fourth-order valence-electron chi connectivity index (χ4n) is 3.77. The Balaban J connectivity index is 2.44. The van der Waals surface area contributed by atoms with E-state index in [9.17, 15) is 19.5 Å². The number of phenolic OH excluding ortho intramolecular Hbond substituents is 1. The number of aromatic hydroxyl groups is 1. The number of amides is 3. The first kappa shape index (κ1) is 28.7. The molecule has 0 saturated heterocycles. The molecule has 0 aliphatic heterocycles. The van der Waals surface area contributed by atoms with E-state index in [0.717, 1.165) is 5.56 Å². The lowest BCUT2D eigenvalue weighted by molar-refractivity contribution is -0.144. The number of carbonyl (C=O) groups is 3. The Morgan fingerprint density at radius 1 is 1.03 bits per heavy atom. The first-order chi connectivity index (χ1) is 16.9. The number of ether oxygens (including phenoxy) is 1. The number of hydrogen-bond donors (Lipinski definition) is 3. The smallest absolute Gasteiger partial charge is 0.408 e. The lowest BCUT2D eigenvalue weighted by Gasteiger charge is -2.38. The normalized spacial score (nSPS) is 13.8. The summed E-state index contributed by atoms with van der Waals surface area (Å²) in [6.45, 7) is 12.5. The molecule has 2 aromatic carbocycles. The van der Waals surface area contributed by atoms with Gasteiger partial charge in [0.25, 0.3) is 0 Å². The van der Waals surface area contributed by atoms with E-state index in [-0.39, 0.29) is 18.3 Å². The van der Waals surface area contributed by atoms with Crippen molar-refractivity contribution in [1.82, 2.24) is 15.5 Å². The summed E-state index contributed by atoms with van der Waals surface area (Å²) in [6, 6.07) is 12.1. The Labute approximate surface area is 214 Å². The lowest BCUT2D eigenvalue weighted by atomic mass is 9.97. The molecule has 0 spiro atoms. The van der Waals surface area contributed by atoms with Crippen LogP contribution < -0.4 is 10.6 Å². The van der Waals surface area contributed by atoms with Crippen molar-refractivity contribution >= 4 is 17.9 Å².